The van der Waals surface area contributed by atoms with E-state index in [1.54, 1.807) is 33.3 Å². The molecule has 296 valence electrons. The number of aromatic nitrogens is 3. The second kappa shape index (κ2) is 18.9. The van der Waals surface area contributed by atoms with Crippen LogP contribution < -0.4 is 9.47 Å². The molecular weight excluding hydrogens is 737 g/mol. The molecule has 1 aliphatic rings. The van der Waals surface area contributed by atoms with Gasteiger partial charge in [-0.15, -0.1) is 5.10 Å². The first-order valence-corrected chi connectivity index (χ1v) is 20.0. The van der Waals surface area contributed by atoms with Crippen molar-refractivity contribution in [1.29, 1.82) is 0 Å². The molecule has 2 heterocycles. The summed E-state index contributed by atoms with van der Waals surface area (Å²) < 4.78 is 62.7. The number of hydrogen-bond acceptors (Lipinski definition) is 11. The number of rotatable bonds is 19. The second-order valence-electron chi connectivity index (χ2n) is 13.4. The summed E-state index contributed by atoms with van der Waals surface area (Å²) in [6.07, 6.45) is 3.36. The zero-order chi connectivity index (χ0) is 39.5. The van der Waals surface area contributed by atoms with Crippen LogP contribution in [-0.4, -0.2) is 67.7 Å². The Bertz CT molecular complexity index is 2220. The number of methoxy groups -OCH3 is 2. The molecular formula is C42H48N4O9S. The van der Waals surface area contributed by atoms with Gasteiger partial charge in [0, 0.05) is 38.2 Å². The van der Waals surface area contributed by atoms with Crippen molar-refractivity contribution in [1.82, 2.24) is 19.3 Å². The summed E-state index contributed by atoms with van der Waals surface area (Å²) in [5.74, 6) is 0.453. The average Bonchev–Trinajstić information content (AvgIpc) is 3.63. The summed E-state index contributed by atoms with van der Waals surface area (Å²) in [6, 6.07) is 26.8. The first-order valence-electron chi connectivity index (χ1n) is 18.6. The van der Waals surface area contributed by atoms with E-state index in [9.17, 15) is 13.2 Å². The van der Waals surface area contributed by atoms with Gasteiger partial charge in [0.2, 0.25) is 0 Å². The number of ether oxygens (including phenoxy) is 5. The zero-order valence-corrected chi connectivity index (χ0v) is 33.0. The van der Waals surface area contributed by atoms with Gasteiger partial charge < -0.3 is 27.9 Å². The third-order valence-electron chi connectivity index (χ3n) is 9.55. The smallest absolute Gasteiger partial charge is 0.388 e. The van der Waals surface area contributed by atoms with Gasteiger partial charge >= 0.3 is 16.3 Å². The first-order chi connectivity index (χ1) is 27.2. The van der Waals surface area contributed by atoms with Gasteiger partial charge in [-0.05, 0) is 90.4 Å². The lowest BCUT2D eigenvalue weighted by atomic mass is 9.84. The number of carbonyl (C=O) groups excluding carboxylic acids is 1. The van der Waals surface area contributed by atoms with Gasteiger partial charge in [0.15, 0.2) is 0 Å². The number of hydrogen-bond donors (Lipinski definition) is 0. The largest absolute Gasteiger partial charge is 0.497 e. The molecule has 1 atom stereocenters. The Morgan fingerprint density at radius 3 is 2.39 bits per heavy atom. The summed E-state index contributed by atoms with van der Waals surface area (Å²) in [6.45, 7) is 6.04. The maximum atomic E-state index is 13.2. The zero-order valence-electron chi connectivity index (χ0n) is 32.2. The molecule has 0 saturated heterocycles. The summed E-state index contributed by atoms with van der Waals surface area (Å²) in [5.41, 5.74) is 6.78. The average molecular weight is 785 g/mol. The Labute approximate surface area is 328 Å². The van der Waals surface area contributed by atoms with E-state index in [1.165, 1.54) is 4.31 Å². The number of fused-ring (bicyclic) bond motifs is 1. The van der Waals surface area contributed by atoms with Crippen molar-refractivity contribution in [3.05, 3.63) is 130 Å². The Morgan fingerprint density at radius 1 is 0.893 bits per heavy atom. The van der Waals surface area contributed by atoms with E-state index in [0.29, 0.717) is 31.1 Å². The molecule has 0 radical (unpaired) electrons. The predicted octanol–water partition coefficient (Wildman–Crippen LogP) is 6.97. The number of esters is 1. The summed E-state index contributed by atoms with van der Waals surface area (Å²) >= 11 is 0. The SMILES string of the molecule is CCOC(=O)CC(c1cc(CN2CC=C(OCc3ccccc3)OS2(=O)=O)cc(OC)c1)c1ccc2c(nnn2CCCCOCc2ccc(OC)cc2)c1C. The Morgan fingerprint density at radius 2 is 1.66 bits per heavy atom. The molecule has 0 spiro atoms. The van der Waals surface area contributed by atoms with Crippen LogP contribution in [0.15, 0.2) is 97.0 Å². The Kier molecular flexibility index (Phi) is 13.6. The van der Waals surface area contributed by atoms with E-state index < -0.39 is 16.2 Å². The molecule has 0 bridgehead atoms. The third kappa shape index (κ3) is 10.2. The topological polar surface area (TPSA) is 141 Å². The lowest BCUT2D eigenvalue weighted by Crippen LogP contribution is -2.35. The number of nitrogens with zero attached hydrogens (tertiary/aromatic N) is 4. The fourth-order valence-corrected chi connectivity index (χ4v) is 7.60. The Balaban J connectivity index is 1.16. The number of benzene rings is 4. The van der Waals surface area contributed by atoms with Crippen molar-refractivity contribution in [3.63, 3.8) is 0 Å². The van der Waals surface area contributed by atoms with Crippen molar-refractivity contribution < 1.29 is 41.1 Å². The summed E-state index contributed by atoms with van der Waals surface area (Å²) in [5, 5.41) is 9.02. The highest BCUT2D eigenvalue weighted by molar-refractivity contribution is 7.84. The van der Waals surface area contributed by atoms with Crippen LogP contribution in [0, 0.1) is 6.92 Å². The maximum absolute atomic E-state index is 13.2. The van der Waals surface area contributed by atoms with Gasteiger partial charge in [0.25, 0.3) is 5.95 Å². The van der Waals surface area contributed by atoms with Gasteiger partial charge in [0.1, 0.15) is 23.6 Å². The molecule has 0 N–H and O–H groups in total. The first kappa shape index (κ1) is 40.2. The van der Waals surface area contributed by atoms with Gasteiger partial charge in [-0.25, -0.2) is 4.68 Å². The third-order valence-corrected chi connectivity index (χ3v) is 10.8. The van der Waals surface area contributed by atoms with E-state index in [0.717, 1.165) is 57.4 Å². The van der Waals surface area contributed by atoms with E-state index in [2.05, 4.69) is 10.3 Å². The van der Waals surface area contributed by atoms with Crippen LogP contribution >= 0.6 is 0 Å². The van der Waals surface area contributed by atoms with Crippen LogP contribution in [-0.2, 0) is 59.8 Å². The predicted molar refractivity (Wildman–Crippen MR) is 210 cm³/mol. The molecule has 0 amide bonds. The fraction of sp³-hybridized carbons (Fsp3) is 0.357. The maximum Gasteiger partial charge on any atom is 0.388 e. The van der Waals surface area contributed by atoms with Gasteiger partial charge in [-0.2, -0.15) is 12.7 Å². The van der Waals surface area contributed by atoms with Crippen molar-refractivity contribution in [2.75, 3.05) is 34.0 Å². The summed E-state index contributed by atoms with van der Waals surface area (Å²) in [7, 11) is -0.969. The van der Waals surface area contributed by atoms with Crippen molar-refractivity contribution >= 4 is 27.3 Å². The molecule has 1 aliphatic heterocycles. The standard InChI is InChI=1S/C42H48N4O9S/c1-5-53-40(47)26-38(37-17-18-39-42(30(37)2)43-44-46(39)20-9-10-22-52-28-32-13-15-35(50-3)16-14-32)34-23-33(24-36(25-34)51-4)27-45-21-19-41(55-56(45,48)49)54-29-31-11-7-6-8-12-31/h6-8,11-19,23-25,38H,5,9-10,20-22,26-29H2,1-4H3. The van der Waals surface area contributed by atoms with E-state index in [4.69, 9.17) is 27.9 Å². The second-order valence-corrected chi connectivity index (χ2v) is 14.9. The van der Waals surface area contributed by atoms with Crippen LogP contribution in [0.2, 0.25) is 0 Å². The highest BCUT2D eigenvalue weighted by atomic mass is 32.2. The number of aryl methyl sites for hydroxylation is 2. The number of carbonyl (C=O) groups is 1. The van der Waals surface area contributed by atoms with Gasteiger partial charge in [-0.1, -0.05) is 59.8 Å². The van der Waals surface area contributed by atoms with Crippen LogP contribution in [0.5, 0.6) is 11.5 Å². The molecule has 0 saturated carbocycles. The molecule has 56 heavy (non-hydrogen) atoms. The molecule has 13 nitrogen and oxygen atoms in total. The van der Waals surface area contributed by atoms with E-state index in [1.807, 2.05) is 90.5 Å². The molecule has 6 rings (SSSR count). The minimum Gasteiger partial charge on any atom is -0.497 e. The minimum absolute atomic E-state index is 0.00000901. The molecule has 0 aliphatic carbocycles. The molecule has 1 unspecified atom stereocenters. The normalized spacial score (nSPS) is 14.5. The fourth-order valence-electron chi connectivity index (χ4n) is 6.61. The highest BCUT2D eigenvalue weighted by Crippen LogP contribution is 2.36. The highest BCUT2D eigenvalue weighted by Gasteiger charge is 2.31. The van der Waals surface area contributed by atoms with Crippen LogP contribution in [0.4, 0.5) is 0 Å². The molecule has 14 heteroatoms. The van der Waals surface area contributed by atoms with Crippen LogP contribution in [0.1, 0.15) is 65.5 Å². The van der Waals surface area contributed by atoms with E-state index >= 15 is 0 Å². The lowest BCUT2D eigenvalue weighted by Gasteiger charge is -2.26. The molecule has 4 aromatic carbocycles. The van der Waals surface area contributed by atoms with Crippen LogP contribution in [0.25, 0.3) is 11.0 Å². The van der Waals surface area contributed by atoms with Crippen molar-refractivity contribution in [2.24, 2.45) is 0 Å². The Hall–Kier alpha value is -5.44. The minimum atomic E-state index is -4.16. The van der Waals surface area contributed by atoms with E-state index in [-0.39, 0.29) is 44.6 Å². The molecule has 1 aromatic heterocycles. The van der Waals surface area contributed by atoms with Gasteiger partial charge in [0.05, 0.1) is 39.4 Å². The molecule has 5 aromatic rings. The monoisotopic (exact) mass is 784 g/mol. The van der Waals surface area contributed by atoms with Crippen molar-refractivity contribution in [2.45, 2.75) is 65.3 Å². The lowest BCUT2D eigenvalue weighted by molar-refractivity contribution is -0.143. The summed E-state index contributed by atoms with van der Waals surface area (Å²) in [4.78, 5) is 13.1. The van der Waals surface area contributed by atoms with Crippen LogP contribution in [0.3, 0.4) is 0 Å². The van der Waals surface area contributed by atoms with Crippen molar-refractivity contribution in [3.8, 4) is 11.5 Å². The molecule has 0 fully saturated rings. The quantitative estimate of drug-likeness (QED) is 0.0633. The van der Waals surface area contributed by atoms with Gasteiger partial charge in [-0.3, -0.25) is 4.79 Å². The number of unbranched alkanes of at least 4 members (excludes halogenated alkanes) is 1.